The van der Waals surface area contributed by atoms with E-state index in [1.165, 1.54) is 18.4 Å². The summed E-state index contributed by atoms with van der Waals surface area (Å²) in [6.07, 6.45) is 3.67. The summed E-state index contributed by atoms with van der Waals surface area (Å²) in [5, 5.41) is 10.5. The minimum absolute atomic E-state index is 0.320. The SMILES string of the molecule is CC(C)[C@H]1CC[C@@H](C)C[C@H]1OC[C@@H](O)CN1CCN(Cc2ccccc2)CC1. The van der Waals surface area contributed by atoms with Crippen LogP contribution in [0.5, 0.6) is 0 Å². The molecule has 0 spiro atoms. The van der Waals surface area contributed by atoms with E-state index in [0.29, 0.717) is 24.5 Å². The van der Waals surface area contributed by atoms with E-state index in [1.807, 2.05) is 0 Å². The maximum absolute atomic E-state index is 10.5. The van der Waals surface area contributed by atoms with Crippen molar-refractivity contribution in [3.63, 3.8) is 0 Å². The molecule has 1 aromatic rings. The molecule has 1 N–H and O–H groups in total. The average molecular weight is 389 g/mol. The zero-order valence-electron chi connectivity index (χ0n) is 18.1. The van der Waals surface area contributed by atoms with Crippen LogP contribution in [-0.2, 0) is 11.3 Å². The summed E-state index contributed by atoms with van der Waals surface area (Å²) in [6.45, 7) is 13.4. The highest BCUT2D eigenvalue weighted by atomic mass is 16.5. The Balaban J connectivity index is 1.36. The summed E-state index contributed by atoms with van der Waals surface area (Å²) in [4.78, 5) is 4.89. The van der Waals surface area contributed by atoms with Crippen LogP contribution in [0.3, 0.4) is 0 Å². The van der Waals surface area contributed by atoms with Gasteiger partial charge >= 0.3 is 0 Å². The Kier molecular flexibility index (Phi) is 8.34. The Bertz CT molecular complexity index is 557. The second-order valence-electron chi connectivity index (χ2n) is 9.41. The third-order valence-corrected chi connectivity index (χ3v) is 6.65. The summed E-state index contributed by atoms with van der Waals surface area (Å²) < 4.78 is 6.24. The number of nitrogens with zero attached hydrogens (tertiary/aromatic N) is 2. The molecule has 0 bridgehead atoms. The predicted molar refractivity (Wildman–Crippen MR) is 115 cm³/mol. The van der Waals surface area contributed by atoms with E-state index < -0.39 is 0 Å². The van der Waals surface area contributed by atoms with Gasteiger partial charge in [-0.3, -0.25) is 9.80 Å². The standard InChI is InChI=1S/C24H40N2O2/c1-19(2)23-10-9-20(3)15-24(23)28-18-22(27)17-26-13-11-25(12-14-26)16-21-7-5-4-6-8-21/h4-8,19-20,22-24,27H,9-18H2,1-3H3/t20-,22+,23-,24-/m1/s1. The molecule has 1 heterocycles. The van der Waals surface area contributed by atoms with Crippen molar-refractivity contribution in [1.29, 1.82) is 0 Å². The number of hydrogen-bond acceptors (Lipinski definition) is 4. The van der Waals surface area contributed by atoms with Crippen LogP contribution >= 0.6 is 0 Å². The molecule has 4 nitrogen and oxygen atoms in total. The summed E-state index contributed by atoms with van der Waals surface area (Å²) in [5.74, 6) is 2.05. The van der Waals surface area contributed by atoms with Gasteiger partial charge in [-0.05, 0) is 36.2 Å². The first-order valence-electron chi connectivity index (χ1n) is 11.3. The van der Waals surface area contributed by atoms with Crippen LogP contribution in [0.25, 0.3) is 0 Å². The highest BCUT2D eigenvalue weighted by Crippen LogP contribution is 2.35. The van der Waals surface area contributed by atoms with Gasteiger partial charge in [0.25, 0.3) is 0 Å². The molecule has 4 atom stereocenters. The van der Waals surface area contributed by atoms with Gasteiger partial charge in [0, 0.05) is 39.3 Å². The molecule has 158 valence electrons. The van der Waals surface area contributed by atoms with E-state index in [-0.39, 0.29) is 6.10 Å². The van der Waals surface area contributed by atoms with E-state index in [4.69, 9.17) is 4.74 Å². The molecular formula is C24H40N2O2. The molecule has 1 saturated carbocycles. The molecule has 0 radical (unpaired) electrons. The lowest BCUT2D eigenvalue weighted by Gasteiger charge is -2.38. The normalized spacial score (nSPS) is 28.5. The van der Waals surface area contributed by atoms with Crippen LogP contribution in [-0.4, -0.2) is 66.4 Å². The highest BCUT2D eigenvalue weighted by molar-refractivity contribution is 5.14. The van der Waals surface area contributed by atoms with Crippen LogP contribution in [0.15, 0.2) is 30.3 Å². The lowest BCUT2D eigenvalue weighted by molar-refractivity contribution is -0.0755. The molecule has 2 fully saturated rings. The van der Waals surface area contributed by atoms with Crippen molar-refractivity contribution in [1.82, 2.24) is 9.80 Å². The second kappa shape index (κ2) is 10.7. The van der Waals surface area contributed by atoms with E-state index >= 15 is 0 Å². The second-order valence-corrected chi connectivity index (χ2v) is 9.41. The van der Waals surface area contributed by atoms with Crippen LogP contribution in [0.1, 0.15) is 45.6 Å². The lowest BCUT2D eigenvalue weighted by Crippen LogP contribution is -2.49. The molecule has 4 heteroatoms. The summed E-state index contributed by atoms with van der Waals surface area (Å²) in [6, 6.07) is 10.7. The maximum atomic E-state index is 10.5. The minimum Gasteiger partial charge on any atom is -0.389 e. The van der Waals surface area contributed by atoms with Crippen molar-refractivity contribution >= 4 is 0 Å². The molecule has 2 aliphatic rings. The van der Waals surface area contributed by atoms with Gasteiger partial charge in [0.15, 0.2) is 0 Å². The van der Waals surface area contributed by atoms with Gasteiger partial charge in [-0.25, -0.2) is 0 Å². The monoisotopic (exact) mass is 388 g/mol. The molecule has 28 heavy (non-hydrogen) atoms. The zero-order chi connectivity index (χ0) is 19.9. The Morgan fingerprint density at radius 3 is 2.39 bits per heavy atom. The predicted octanol–water partition coefficient (Wildman–Crippen LogP) is 3.64. The molecule has 0 amide bonds. The van der Waals surface area contributed by atoms with Crippen LogP contribution in [0, 0.1) is 17.8 Å². The van der Waals surface area contributed by atoms with E-state index in [1.54, 1.807) is 0 Å². The van der Waals surface area contributed by atoms with Crippen LogP contribution in [0.4, 0.5) is 0 Å². The number of rotatable bonds is 8. The van der Waals surface area contributed by atoms with Gasteiger partial charge in [0.1, 0.15) is 0 Å². The maximum Gasteiger partial charge on any atom is 0.0900 e. The van der Waals surface area contributed by atoms with Crippen molar-refractivity contribution in [3.8, 4) is 0 Å². The van der Waals surface area contributed by atoms with Crippen molar-refractivity contribution in [2.24, 2.45) is 17.8 Å². The molecule has 0 unspecified atom stereocenters. The van der Waals surface area contributed by atoms with E-state index in [0.717, 1.165) is 51.6 Å². The quantitative estimate of drug-likeness (QED) is 0.738. The number of aliphatic hydroxyl groups is 1. The first-order chi connectivity index (χ1) is 13.5. The van der Waals surface area contributed by atoms with Crippen molar-refractivity contribution < 1.29 is 9.84 Å². The summed E-state index contributed by atoms with van der Waals surface area (Å²) in [7, 11) is 0. The Morgan fingerprint density at radius 1 is 1.04 bits per heavy atom. The molecule has 1 aliphatic carbocycles. The Morgan fingerprint density at radius 2 is 1.71 bits per heavy atom. The van der Waals surface area contributed by atoms with Crippen molar-refractivity contribution in [2.45, 2.75) is 58.8 Å². The molecule has 0 aromatic heterocycles. The van der Waals surface area contributed by atoms with Gasteiger partial charge in [-0.15, -0.1) is 0 Å². The number of ether oxygens (including phenoxy) is 1. The van der Waals surface area contributed by atoms with Gasteiger partial charge < -0.3 is 9.84 Å². The molecular weight excluding hydrogens is 348 g/mol. The fourth-order valence-corrected chi connectivity index (χ4v) is 4.86. The molecule has 1 aliphatic heterocycles. The molecule has 1 aromatic carbocycles. The smallest absolute Gasteiger partial charge is 0.0900 e. The van der Waals surface area contributed by atoms with Gasteiger partial charge in [-0.2, -0.15) is 0 Å². The number of β-amino-alcohol motifs (C(OH)–C–C–N with tert-alkyl or cyclic N) is 1. The lowest BCUT2D eigenvalue weighted by atomic mass is 9.75. The first kappa shape index (κ1) is 21.8. The molecule has 3 rings (SSSR count). The van der Waals surface area contributed by atoms with Crippen LogP contribution < -0.4 is 0 Å². The number of benzene rings is 1. The first-order valence-corrected chi connectivity index (χ1v) is 11.3. The third kappa shape index (κ3) is 6.55. The van der Waals surface area contributed by atoms with Gasteiger partial charge in [0.05, 0.1) is 18.8 Å². The van der Waals surface area contributed by atoms with Crippen molar-refractivity contribution in [2.75, 3.05) is 39.3 Å². The van der Waals surface area contributed by atoms with E-state index in [2.05, 4.69) is 60.9 Å². The van der Waals surface area contributed by atoms with Gasteiger partial charge in [0.2, 0.25) is 0 Å². The molecule has 1 saturated heterocycles. The minimum atomic E-state index is -0.384. The number of piperazine rings is 1. The largest absolute Gasteiger partial charge is 0.389 e. The average Bonchev–Trinajstić information content (AvgIpc) is 2.68. The Hall–Kier alpha value is -0.940. The van der Waals surface area contributed by atoms with E-state index in [9.17, 15) is 5.11 Å². The fourth-order valence-electron chi connectivity index (χ4n) is 4.86. The fraction of sp³-hybridized carbons (Fsp3) is 0.750. The van der Waals surface area contributed by atoms with Crippen LogP contribution in [0.2, 0.25) is 0 Å². The number of hydrogen-bond donors (Lipinski definition) is 1. The highest BCUT2D eigenvalue weighted by Gasteiger charge is 2.32. The van der Waals surface area contributed by atoms with Crippen molar-refractivity contribution in [3.05, 3.63) is 35.9 Å². The zero-order valence-corrected chi connectivity index (χ0v) is 18.1. The third-order valence-electron chi connectivity index (χ3n) is 6.65. The Labute approximate surface area is 171 Å². The topological polar surface area (TPSA) is 35.9 Å². The summed E-state index contributed by atoms with van der Waals surface area (Å²) in [5.41, 5.74) is 1.38. The van der Waals surface area contributed by atoms with Gasteiger partial charge in [-0.1, -0.05) is 57.5 Å². The number of aliphatic hydroxyl groups excluding tert-OH is 1. The summed E-state index contributed by atoms with van der Waals surface area (Å²) >= 11 is 0.